The molecule has 2 aliphatic rings. The van der Waals surface area contributed by atoms with Gasteiger partial charge in [0.25, 0.3) is 5.91 Å². The maximum absolute atomic E-state index is 13.7. The monoisotopic (exact) mass is 556 g/mol. The minimum Gasteiger partial charge on any atom is -0.494 e. The molecule has 2 heterocycles. The van der Waals surface area contributed by atoms with Gasteiger partial charge in [-0.3, -0.25) is 9.59 Å². The summed E-state index contributed by atoms with van der Waals surface area (Å²) in [7, 11) is 0. The fraction of sp³-hybridized carbons (Fsp3) is 0.483. The third-order valence-corrected chi connectivity index (χ3v) is 7.49. The van der Waals surface area contributed by atoms with Gasteiger partial charge in [-0.1, -0.05) is 29.8 Å². The van der Waals surface area contributed by atoms with Crippen molar-refractivity contribution in [1.29, 1.82) is 0 Å². The van der Waals surface area contributed by atoms with E-state index in [1.807, 2.05) is 45.0 Å². The van der Waals surface area contributed by atoms with Gasteiger partial charge in [-0.2, -0.15) is 0 Å². The van der Waals surface area contributed by atoms with Gasteiger partial charge in [-0.05, 0) is 63.4 Å². The van der Waals surface area contributed by atoms with E-state index in [2.05, 4.69) is 5.32 Å². The molecule has 10 heteroatoms. The number of urea groups is 1. The van der Waals surface area contributed by atoms with Crippen LogP contribution in [-0.4, -0.2) is 79.2 Å². The van der Waals surface area contributed by atoms with Crippen molar-refractivity contribution in [3.05, 3.63) is 58.6 Å². The van der Waals surface area contributed by atoms with Crippen LogP contribution in [0.15, 0.2) is 42.5 Å². The highest BCUT2D eigenvalue weighted by molar-refractivity contribution is 6.34. The van der Waals surface area contributed by atoms with Crippen molar-refractivity contribution < 1.29 is 23.9 Å². The fourth-order valence-corrected chi connectivity index (χ4v) is 5.37. The first-order valence-corrected chi connectivity index (χ1v) is 14.0. The third-order valence-electron chi connectivity index (χ3n) is 7.18. The molecule has 0 saturated carbocycles. The smallest absolute Gasteiger partial charge is 0.318 e. The average Bonchev–Trinajstić information content (AvgIpc) is 3.08. The Labute approximate surface area is 235 Å². The Balaban J connectivity index is 1.44. The highest BCUT2D eigenvalue weighted by Crippen LogP contribution is 2.31. The number of nitrogens with zero attached hydrogens (tertiary/aromatic N) is 3. The molecule has 1 atom stereocenters. The van der Waals surface area contributed by atoms with Crippen LogP contribution >= 0.6 is 11.6 Å². The number of ether oxygens (including phenoxy) is 2. The Bertz CT molecular complexity index is 1180. The molecule has 0 radical (unpaired) electrons. The predicted octanol–water partition coefficient (Wildman–Crippen LogP) is 4.33. The summed E-state index contributed by atoms with van der Waals surface area (Å²) in [4.78, 5) is 44.9. The van der Waals surface area contributed by atoms with Crippen LogP contribution in [0.5, 0.6) is 5.75 Å². The quantitative estimate of drug-likeness (QED) is 0.548. The number of hydrogen-bond acceptors (Lipinski definition) is 5. The summed E-state index contributed by atoms with van der Waals surface area (Å²) in [5, 5.41) is 3.11. The van der Waals surface area contributed by atoms with E-state index in [0.29, 0.717) is 49.2 Å². The highest BCUT2D eigenvalue weighted by Gasteiger charge is 2.33. The minimum atomic E-state index is -0.344. The molecule has 0 unspecified atom stereocenters. The normalized spacial score (nSPS) is 17.8. The Hall–Kier alpha value is -3.30. The maximum atomic E-state index is 13.7. The molecule has 1 N–H and O–H groups in total. The van der Waals surface area contributed by atoms with Crippen LogP contribution in [-0.2, 0) is 16.1 Å². The molecule has 0 bridgehead atoms. The van der Waals surface area contributed by atoms with Crippen molar-refractivity contribution in [3.63, 3.8) is 0 Å². The maximum Gasteiger partial charge on any atom is 0.318 e. The summed E-state index contributed by atoms with van der Waals surface area (Å²) >= 11 is 6.48. The SMILES string of the molecule is CCOc1ccc(C(=O)N2C[C@@H](C)N(C(=O)NCC(=O)N3CCC(OCC)CC3)Cc3ccccc32)c(Cl)c1. The number of hydrogen-bond donors (Lipinski definition) is 1. The first kappa shape index (κ1) is 28.7. The molecule has 1 fully saturated rings. The predicted molar refractivity (Wildman–Crippen MR) is 150 cm³/mol. The van der Waals surface area contributed by atoms with E-state index in [1.165, 1.54) is 0 Å². The van der Waals surface area contributed by atoms with E-state index in [4.69, 9.17) is 21.1 Å². The van der Waals surface area contributed by atoms with Crippen molar-refractivity contribution in [2.45, 2.75) is 52.3 Å². The molecule has 210 valence electrons. The number of halogens is 1. The molecule has 2 aliphatic heterocycles. The molecular formula is C29H37ClN4O5. The van der Waals surface area contributed by atoms with E-state index in [9.17, 15) is 14.4 Å². The summed E-state index contributed by atoms with van der Waals surface area (Å²) in [6.45, 7) is 8.66. The number of anilines is 1. The van der Waals surface area contributed by atoms with Crippen LogP contribution < -0.4 is 15.0 Å². The molecule has 1 saturated heterocycles. The summed E-state index contributed by atoms with van der Waals surface area (Å²) in [6, 6.07) is 11.9. The Kier molecular flexibility index (Phi) is 9.69. The molecule has 2 aromatic rings. The lowest BCUT2D eigenvalue weighted by Gasteiger charge is -2.32. The number of amides is 4. The van der Waals surface area contributed by atoms with Gasteiger partial charge in [0.1, 0.15) is 5.75 Å². The molecule has 0 spiro atoms. The first-order valence-electron chi connectivity index (χ1n) is 13.6. The van der Waals surface area contributed by atoms with E-state index in [-0.39, 0.29) is 43.1 Å². The van der Waals surface area contributed by atoms with E-state index < -0.39 is 0 Å². The summed E-state index contributed by atoms with van der Waals surface area (Å²) in [5.41, 5.74) is 1.92. The molecule has 0 aliphatic carbocycles. The van der Waals surface area contributed by atoms with Gasteiger partial charge in [0.15, 0.2) is 0 Å². The number of carbonyl (C=O) groups is 3. The number of fused-ring (bicyclic) bond motifs is 1. The van der Waals surface area contributed by atoms with Gasteiger partial charge in [0.2, 0.25) is 5.91 Å². The third kappa shape index (κ3) is 6.83. The van der Waals surface area contributed by atoms with Crippen LogP contribution in [0.1, 0.15) is 49.5 Å². The molecular weight excluding hydrogens is 520 g/mol. The lowest BCUT2D eigenvalue weighted by Crippen LogP contribution is -2.51. The number of carbonyl (C=O) groups excluding carboxylic acids is 3. The van der Waals surface area contributed by atoms with Gasteiger partial charge < -0.3 is 29.5 Å². The molecule has 39 heavy (non-hydrogen) atoms. The van der Waals surface area contributed by atoms with E-state index in [1.54, 1.807) is 32.9 Å². The topological polar surface area (TPSA) is 91.4 Å². The van der Waals surface area contributed by atoms with E-state index in [0.717, 1.165) is 24.1 Å². The van der Waals surface area contributed by atoms with Crippen LogP contribution in [0.4, 0.5) is 10.5 Å². The van der Waals surface area contributed by atoms with Gasteiger partial charge in [-0.25, -0.2) is 4.79 Å². The Morgan fingerprint density at radius 3 is 2.49 bits per heavy atom. The molecule has 2 aromatic carbocycles. The van der Waals surface area contributed by atoms with Crippen LogP contribution in [0.3, 0.4) is 0 Å². The van der Waals surface area contributed by atoms with Crippen LogP contribution in [0, 0.1) is 0 Å². The van der Waals surface area contributed by atoms with Crippen molar-refractivity contribution in [2.24, 2.45) is 0 Å². The standard InChI is InChI=1S/C29H37ClN4O5/c1-4-38-22-12-14-32(15-13-22)27(35)17-31-29(37)33-19-21-8-6-7-9-26(21)34(18-20(33)3)28(36)24-11-10-23(39-5-2)16-25(24)30/h6-11,16,20,22H,4-5,12-15,17-19H2,1-3H3,(H,31,37)/t20-/m1/s1. The van der Waals surface area contributed by atoms with Crippen LogP contribution in [0.25, 0.3) is 0 Å². The number of rotatable bonds is 7. The number of piperidine rings is 1. The molecule has 4 rings (SSSR count). The van der Waals surface area contributed by atoms with Crippen molar-refractivity contribution in [2.75, 3.05) is 44.3 Å². The van der Waals surface area contributed by atoms with Crippen molar-refractivity contribution in [1.82, 2.24) is 15.1 Å². The summed E-state index contributed by atoms with van der Waals surface area (Å²) < 4.78 is 11.2. The zero-order chi connectivity index (χ0) is 27.9. The highest BCUT2D eigenvalue weighted by atomic mass is 35.5. The fourth-order valence-electron chi connectivity index (χ4n) is 5.12. The second-order valence-electron chi connectivity index (χ2n) is 9.79. The molecule has 4 amide bonds. The zero-order valence-electron chi connectivity index (χ0n) is 22.8. The lowest BCUT2D eigenvalue weighted by atomic mass is 10.1. The van der Waals surface area contributed by atoms with Crippen molar-refractivity contribution in [3.8, 4) is 5.75 Å². The van der Waals surface area contributed by atoms with Gasteiger partial charge in [0, 0.05) is 44.5 Å². The lowest BCUT2D eigenvalue weighted by molar-refractivity contribution is -0.132. The summed E-state index contributed by atoms with van der Waals surface area (Å²) in [6.07, 6.45) is 1.79. The number of benzene rings is 2. The molecule has 0 aromatic heterocycles. The molecule has 9 nitrogen and oxygen atoms in total. The van der Waals surface area contributed by atoms with Gasteiger partial charge in [0.05, 0.1) is 29.8 Å². The second kappa shape index (κ2) is 13.2. The average molecular weight is 557 g/mol. The van der Waals surface area contributed by atoms with Gasteiger partial charge in [-0.15, -0.1) is 0 Å². The second-order valence-corrected chi connectivity index (χ2v) is 10.2. The largest absolute Gasteiger partial charge is 0.494 e. The number of nitrogens with one attached hydrogen (secondary N) is 1. The van der Waals surface area contributed by atoms with E-state index >= 15 is 0 Å². The first-order chi connectivity index (χ1) is 18.8. The zero-order valence-corrected chi connectivity index (χ0v) is 23.6. The minimum absolute atomic E-state index is 0.0760. The summed E-state index contributed by atoms with van der Waals surface area (Å²) in [5.74, 6) is 0.234. The number of para-hydroxylation sites is 1. The Morgan fingerprint density at radius 2 is 1.79 bits per heavy atom. The van der Waals surface area contributed by atoms with Crippen molar-refractivity contribution >= 4 is 35.1 Å². The van der Waals surface area contributed by atoms with Crippen LogP contribution in [0.2, 0.25) is 5.02 Å². The Morgan fingerprint density at radius 1 is 1.05 bits per heavy atom. The van der Waals surface area contributed by atoms with Gasteiger partial charge >= 0.3 is 6.03 Å². The number of likely N-dealkylation sites (tertiary alicyclic amines) is 1.